The third-order valence-corrected chi connectivity index (χ3v) is 7.67. The van der Waals surface area contributed by atoms with Gasteiger partial charge in [0.1, 0.15) is 15.6 Å². The zero-order valence-corrected chi connectivity index (χ0v) is 20.6. The van der Waals surface area contributed by atoms with Crippen molar-refractivity contribution in [2.75, 3.05) is 12.4 Å². The monoisotopic (exact) mass is 456 g/mol. The largest absolute Gasteiger partial charge is 0.494 e. The van der Waals surface area contributed by atoms with Crippen molar-refractivity contribution in [2.24, 2.45) is 0 Å². The molecule has 0 unspecified atom stereocenters. The molecule has 166 valence electrons. The van der Waals surface area contributed by atoms with Gasteiger partial charge in [0, 0.05) is 22.2 Å². The van der Waals surface area contributed by atoms with Crippen LogP contribution >= 0.6 is 23.1 Å². The first-order valence-corrected chi connectivity index (χ1v) is 13.1. The summed E-state index contributed by atoms with van der Waals surface area (Å²) in [4.78, 5) is 12.4. The molecule has 1 aliphatic heterocycles. The molecule has 1 aliphatic rings. The average Bonchev–Trinajstić information content (AvgIpc) is 3.11. The van der Waals surface area contributed by atoms with E-state index in [-0.39, 0.29) is 5.60 Å². The molecule has 0 saturated carbocycles. The smallest absolute Gasteiger partial charge is 0.162 e. The lowest BCUT2D eigenvalue weighted by molar-refractivity contribution is -0.0379. The van der Waals surface area contributed by atoms with Crippen LogP contribution in [0.1, 0.15) is 63.8 Å². The maximum absolute atomic E-state index is 6.07. The molecule has 0 amide bonds. The van der Waals surface area contributed by atoms with Gasteiger partial charge in [0.05, 0.1) is 18.8 Å². The van der Waals surface area contributed by atoms with E-state index in [1.54, 1.807) is 11.3 Å². The first kappa shape index (κ1) is 22.6. The minimum Gasteiger partial charge on any atom is -0.494 e. The summed E-state index contributed by atoms with van der Waals surface area (Å²) in [5.74, 6) is 2.78. The Morgan fingerprint density at radius 2 is 1.87 bits per heavy atom. The summed E-state index contributed by atoms with van der Waals surface area (Å²) in [5.41, 5.74) is 2.28. The van der Waals surface area contributed by atoms with Gasteiger partial charge in [0.25, 0.3) is 0 Å². The molecule has 0 N–H and O–H groups in total. The van der Waals surface area contributed by atoms with Crippen LogP contribution in [0.5, 0.6) is 5.75 Å². The van der Waals surface area contributed by atoms with Crippen LogP contribution in [-0.2, 0) is 17.8 Å². The molecule has 31 heavy (non-hydrogen) atoms. The van der Waals surface area contributed by atoms with Gasteiger partial charge in [0.15, 0.2) is 5.82 Å². The summed E-state index contributed by atoms with van der Waals surface area (Å²) in [6.07, 6.45) is 5.50. The molecule has 4 nitrogen and oxygen atoms in total. The lowest BCUT2D eigenvalue weighted by Gasteiger charge is -2.30. The Kier molecular flexibility index (Phi) is 7.19. The number of benzene rings is 1. The maximum Gasteiger partial charge on any atom is 0.162 e. The SMILES string of the molecule is CCCCOc1ccc(-c2nc(SCCCC)c3c4c(sc3n2)COC(C)(C)C4)cc1. The Hall–Kier alpha value is -1.63. The van der Waals surface area contributed by atoms with Crippen molar-refractivity contribution in [2.45, 2.75) is 77.0 Å². The van der Waals surface area contributed by atoms with Gasteiger partial charge in [-0.25, -0.2) is 9.97 Å². The predicted octanol–water partition coefficient (Wildman–Crippen LogP) is 7.28. The average molecular weight is 457 g/mol. The van der Waals surface area contributed by atoms with E-state index in [9.17, 15) is 0 Å². The predicted molar refractivity (Wildman–Crippen MR) is 131 cm³/mol. The van der Waals surface area contributed by atoms with E-state index in [1.807, 2.05) is 23.9 Å². The molecule has 0 fully saturated rings. The molecule has 3 heterocycles. The van der Waals surface area contributed by atoms with Crippen LogP contribution in [0.15, 0.2) is 29.3 Å². The highest BCUT2D eigenvalue weighted by atomic mass is 32.2. The van der Waals surface area contributed by atoms with Crippen LogP contribution in [-0.4, -0.2) is 27.9 Å². The molecule has 0 radical (unpaired) electrons. The molecule has 4 rings (SSSR count). The van der Waals surface area contributed by atoms with Crippen molar-refractivity contribution in [3.63, 3.8) is 0 Å². The summed E-state index contributed by atoms with van der Waals surface area (Å²) >= 11 is 3.63. The fraction of sp³-hybridized carbons (Fsp3) is 0.520. The van der Waals surface area contributed by atoms with Gasteiger partial charge in [-0.1, -0.05) is 26.7 Å². The van der Waals surface area contributed by atoms with Gasteiger partial charge in [0.2, 0.25) is 0 Å². The highest BCUT2D eigenvalue weighted by Crippen LogP contribution is 2.42. The van der Waals surface area contributed by atoms with Crippen LogP contribution in [0, 0.1) is 0 Å². The number of nitrogens with zero attached hydrogens (tertiary/aromatic N) is 2. The van der Waals surface area contributed by atoms with E-state index in [1.165, 1.54) is 28.7 Å². The van der Waals surface area contributed by atoms with Crippen LogP contribution < -0.4 is 4.74 Å². The Bertz CT molecular complexity index is 1030. The second-order valence-electron chi connectivity index (χ2n) is 8.69. The molecular formula is C25H32N2O2S2. The van der Waals surface area contributed by atoms with Gasteiger partial charge >= 0.3 is 0 Å². The molecule has 0 aliphatic carbocycles. The van der Waals surface area contributed by atoms with Gasteiger partial charge in [-0.15, -0.1) is 23.1 Å². The van der Waals surface area contributed by atoms with Crippen molar-refractivity contribution in [3.8, 4) is 17.1 Å². The number of aromatic nitrogens is 2. The summed E-state index contributed by atoms with van der Waals surface area (Å²) in [6, 6.07) is 8.20. The van der Waals surface area contributed by atoms with E-state index < -0.39 is 0 Å². The third-order valence-electron chi connectivity index (χ3n) is 5.51. The van der Waals surface area contributed by atoms with Crippen molar-refractivity contribution >= 4 is 33.3 Å². The number of ether oxygens (including phenoxy) is 2. The van der Waals surface area contributed by atoms with Crippen molar-refractivity contribution < 1.29 is 9.47 Å². The minimum absolute atomic E-state index is 0.140. The van der Waals surface area contributed by atoms with Gasteiger partial charge in [-0.2, -0.15) is 0 Å². The lowest BCUT2D eigenvalue weighted by atomic mass is 9.94. The highest BCUT2D eigenvalue weighted by molar-refractivity contribution is 7.99. The summed E-state index contributed by atoms with van der Waals surface area (Å²) in [5, 5.41) is 2.37. The number of hydrogen-bond donors (Lipinski definition) is 0. The van der Waals surface area contributed by atoms with Gasteiger partial charge < -0.3 is 9.47 Å². The highest BCUT2D eigenvalue weighted by Gasteiger charge is 2.31. The van der Waals surface area contributed by atoms with Crippen molar-refractivity contribution in [3.05, 3.63) is 34.7 Å². The second kappa shape index (κ2) is 9.88. The molecule has 1 aromatic carbocycles. The van der Waals surface area contributed by atoms with Crippen LogP contribution in [0.2, 0.25) is 0 Å². The number of hydrogen-bond acceptors (Lipinski definition) is 6. The van der Waals surface area contributed by atoms with Gasteiger partial charge in [-0.3, -0.25) is 0 Å². The molecule has 3 aromatic rings. The van der Waals surface area contributed by atoms with E-state index in [0.29, 0.717) is 6.61 Å². The summed E-state index contributed by atoms with van der Waals surface area (Å²) < 4.78 is 11.9. The molecule has 6 heteroatoms. The number of thioether (sulfide) groups is 1. The summed E-state index contributed by atoms with van der Waals surface area (Å²) in [6.45, 7) is 10.2. The minimum atomic E-state index is -0.140. The number of unbranched alkanes of at least 4 members (excludes halogenated alkanes) is 2. The zero-order valence-electron chi connectivity index (χ0n) is 19.0. The van der Waals surface area contributed by atoms with Crippen molar-refractivity contribution in [1.82, 2.24) is 9.97 Å². The molecule has 0 atom stereocenters. The quantitative estimate of drug-likeness (QED) is 0.192. The Balaban J connectivity index is 1.70. The van der Waals surface area contributed by atoms with Crippen LogP contribution in [0.4, 0.5) is 0 Å². The van der Waals surface area contributed by atoms with Crippen LogP contribution in [0.25, 0.3) is 21.6 Å². The second-order valence-corrected chi connectivity index (χ2v) is 10.9. The van der Waals surface area contributed by atoms with Crippen LogP contribution in [0.3, 0.4) is 0 Å². The first-order chi connectivity index (χ1) is 15.0. The topological polar surface area (TPSA) is 44.2 Å². The molecule has 0 spiro atoms. The Morgan fingerprint density at radius 1 is 1.10 bits per heavy atom. The van der Waals surface area contributed by atoms with E-state index in [0.717, 1.165) is 58.6 Å². The molecule has 0 saturated heterocycles. The lowest BCUT2D eigenvalue weighted by Crippen LogP contribution is -2.31. The zero-order chi connectivity index (χ0) is 21.8. The standard InChI is InChI=1S/C25H32N2O2S2/c1-5-7-13-28-18-11-9-17(10-12-18)22-26-23(30-14-8-6-2)21-19-15-25(3,4)29-16-20(19)31-24(21)27-22/h9-12H,5-8,13-16H2,1-4H3. The molecular weight excluding hydrogens is 424 g/mol. The maximum atomic E-state index is 6.07. The van der Waals surface area contributed by atoms with E-state index in [4.69, 9.17) is 19.4 Å². The fourth-order valence-electron chi connectivity index (χ4n) is 3.69. The normalized spacial score (nSPS) is 15.2. The van der Waals surface area contributed by atoms with Gasteiger partial charge in [-0.05, 0) is 62.3 Å². The number of rotatable bonds is 9. The first-order valence-electron chi connectivity index (χ1n) is 11.3. The third kappa shape index (κ3) is 5.24. The summed E-state index contributed by atoms with van der Waals surface area (Å²) in [7, 11) is 0. The Morgan fingerprint density at radius 3 is 2.61 bits per heavy atom. The van der Waals surface area contributed by atoms with Crippen molar-refractivity contribution in [1.29, 1.82) is 0 Å². The molecule has 2 aromatic heterocycles. The number of fused-ring (bicyclic) bond motifs is 3. The molecule has 0 bridgehead atoms. The number of thiophene rings is 1. The van der Waals surface area contributed by atoms with E-state index >= 15 is 0 Å². The van der Waals surface area contributed by atoms with E-state index in [2.05, 4.69) is 39.8 Å². The fourth-order valence-corrected chi connectivity index (χ4v) is 6.00. The Labute approximate surface area is 193 Å².